The number of hydrogen-bond acceptors (Lipinski definition) is 3. The van der Waals surface area contributed by atoms with Crippen LogP contribution in [0, 0.1) is 23.2 Å². The third-order valence-corrected chi connectivity index (χ3v) is 5.56. The van der Waals surface area contributed by atoms with Crippen molar-refractivity contribution in [2.45, 2.75) is 45.6 Å². The molecule has 2 N–H and O–H groups in total. The Labute approximate surface area is 134 Å². The zero-order chi connectivity index (χ0) is 14.2. The largest absolute Gasteiger partial charge is 0.378 e. The summed E-state index contributed by atoms with van der Waals surface area (Å²) < 4.78 is 5.79. The predicted octanol–water partition coefficient (Wildman–Crippen LogP) is 1.98. The number of nitrogens with one attached hydrogen (secondary N) is 2. The van der Waals surface area contributed by atoms with E-state index in [0.717, 1.165) is 39.1 Å². The normalized spacial score (nSPS) is 33.8. The quantitative estimate of drug-likeness (QED) is 0.834. The summed E-state index contributed by atoms with van der Waals surface area (Å²) in [4.78, 5) is 12.3. The molecule has 5 heteroatoms. The Morgan fingerprint density at radius 2 is 2.10 bits per heavy atom. The Hall–Kier alpha value is -0.320. The van der Waals surface area contributed by atoms with Crippen molar-refractivity contribution in [2.75, 3.05) is 26.2 Å². The highest BCUT2D eigenvalue weighted by Gasteiger charge is 2.57. The van der Waals surface area contributed by atoms with E-state index in [1.54, 1.807) is 0 Å². The van der Waals surface area contributed by atoms with Crippen molar-refractivity contribution in [3.63, 3.8) is 0 Å². The third kappa shape index (κ3) is 3.54. The van der Waals surface area contributed by atoms with Gasteiger partial charge in [-0.05, 0) is 50.1 Å². The second-order valence-electron chi connectivity index (χ2n) is 7.24. The molecule has 1 spiro atoms. The maximum absolute atomic E-state index is 12.3. The van der Waals surface area contributed by atoms with Crippen LogP contribution in [-0.2, 0) is 9.53 Å². The van der Waals surface area contributed by atoms with Gasteiger partial charge in [0.25, 0.3) is 0 Å². The fourth-order valence-corrected chi connectivity index (χ4v) is 4.16. The molecule has 2 heterocycles. The lowest BCUT2D eigenvalue weighted by Crippen LogP contribution is -2.37. The predicted molar refractivity (Wildman–Crippen MR) is 85.6 cm³/mol. The standard InChI is InChI=1S/C16H28N2O2.ClH/c1-11(2)14-12(3-8-20-14)10-18-15(19)13-9-16(13)4-6-17-7-5-16;/h11-14,17H,3-10H2,1-2H3,(H,18,19);1H. The number of hydrogen-bond donors (Lipinski definition) is 2. The van der Waals surface area contributed by atoms with Crippen molar-refractivity contribution in [3.05, 3.63) is 0 Å². The first kappa shape index (κ1) is 17.0. The van der Waals surface area contributed by atoms with Crippen LogP contribution in [0.4, 0.5) is 0 Å². The summed E-state index contributed by atoms with van der Waals surface area (Å²) in [6, 6.07) is 0. The minimum atomic E-state index is 0. The molecule has 3 unspecified atom stereocenters. The number of carbonyl (C=O) groups excluding carboxylic acids is 1. The molecule has 1 amide bonds. The fraction of sp³-hybridized carbons (Fsp3) is 0.938. The molecule has 1 saturated carbocycles. The SMILES string of the molecule is CC(C)C1OCCC1CNC(=O)C1CC12CCNCC2.Cl. The van der Waals surface area contributed by atoms with Gasteiger partial charge in [0.15, 0.2) is 0 Å². The highest BCUT2D eigenvalue weighted by molar-refractivity contribution is 5.85. The van der Waals surface area contributed by atoms with Gasteiger partial charge in [0.1, 0.15) is 0 Å². The smallest absolute Gasteiger partial charge is 0.223 e. The van der Waals surface area contributed by atoms with Crippen LogP contribution in [0.15, 0.2) is 0 Å². The Bertz CT molecular complexity index is 369. The van der Waals surface area contributed by atoms with Crippen LogP contribution in [-0.4, -0.2) is 38.3 Å². The molecule has 2 aliphatic heterocycles. The zero-order valence-electron chi connectivity index (χ0n) is 13.2. The van der Waals surface area contributed by atoms with E-state index in [1.807, 2.05) is 0 Å². The van der Waals surface area contributed by atoms with E-state index in [-0.39, 0.29) is 18.3 Å². The van der Waals surface area contributed by atoms with Crippen molar-refractivity contribution in [1.82, 2.24) is 10.6 Å². The van der Waals surface area contributed by atoms with Gasteiger partial charge in [0.2, 0.25) is 5.91 Å². The second kappa shape index (κ2) is 6.84. The van der Waals surface area contributed by atoms with E-state index < -0.39 is 0 Å². The number of piperidine rings is 1. The van der Waals surface area contributed by atoms with E-state index >= 15 is 0 Å². The van der Waals surface area contributed by atoms with E-state index in [0.29, 0.717) is 29.3 Å². The highest BCUT2D eigenvalue weighted by atomic mass is 35.5. The molecule has 0 bridgehead atoms. The van der Waals surface area contributed by atoms with Gasteiger partial charge in [0.05, 0.1) is 6.10 Å². The molecule has 122 valence electrons. The summed E-state index contributed by atoms with van der Waals surface area (Å²) in [6.07, 6.45) is 4.86. The van der Waals surface area contributed by atoms with Gasteiger partial charge >= 0.3 is 0 Å². The molecular weight excluding hydrogens is 288 g/mol. The third-order valence-electron chi connectivity index (χ3n) is 5.56. The molecule has 21 heavy (non-hydrogen) atoms. The molecule has 3 fully saturated rings. The number of ether oxygens (including phenoxy) is 1. The van der Waals surface area contributed by atoms with E-state index in [9.17, 15) is 4.79 Å². The molecular formula is C16H29ClN2O2. The van der Waals surface area contributed by atoms with E-state index in [4.69, 9.17) is 4.74 Å². The van der Waals surface area contributed by atoms with E-state index in [2.05, 4.69) is 24.5 Å². The lowest BCUT2D eigenvalue weighted by atomic mass is 9.91. The van der Waals surface area contributed by atoms with Crippen LogP contribution in [0.1, 0.15) is 39.5 Å². The molecule has 3 aliphatic rings. The minimum absolute atomic E-state index is 0. The lowest BCUT2D eigenvalue weighted by Gasteiger charge is -2.24. The van der Waals surface area contributed by atoms with Crippen LogP contribution in [0.5, 0.6) is 0 Å². The first-order chi connectivity index (χ1) is 9.62. The molecule has 0 aromatic heterocycles. The van der Waals surface area contributed by atoms with Crippen LogP contribution in [0.3, 0.4) is 0 Å². The molecule has 3 rings (SSSR count). The highest BCUT2D eigenvalue weighted by Crippen LogP contribution is 2.58. The fourth-order valence-electron chi connectivity index (χ4n) is 4.16. The Kier molecular flexibility index (Phi) is 5.55. The topological polar surface area (TPSA) is 50.4 Å². The molecule has 4 nitrogen and oxygen atoms in total. The van der Waals surface area contributed by atoms with Gasteiger partial charge in [-0.2, -0.15) is 0 Å². The van der Waals surface area contributed by atoms with Gasteiger partial charge < -0.3 is 15.4 Å². The summed E-state index contributed by atoms with van der Waals surface area (Å²) >= 11 is 0. The molecule has 3 atom stereocenters. The zero-order valence-corrected chi connectivity index (χ0v) is 14.0. The number of amides is 1. The summed E-state index contributed by atoms with van der Waals surface area (Å²) in [5.41, 5.74) is 0.346. The lowest BCUT2D eigenvalue weighted by molar-refractivity contribution is -0.123. The van der Waals surface area contributed by atoms with Crippen molar-refractivity contribution < 1.29 is 9.53 Å². The van der Waals surface area contributed by atoms with E-state index in [1.165, 1.54) is 12.8 Å². The Morgan fingerprint density at radius 1 is 1.38 bits per heavy atom. The molecule has 0 aromatic rings. The maximum atomic E-state index is 12.3. The van der Waals surface area contributed by atoms with Crippen molar-refractivity contribution in [1.29, 1.82) is 0 Å². The van der Waals surface area contributed by atoms with Crippen LogP contribution >= 0.6 is 12.4 Å². The van der Waals surface area contributed by atoms with Crippen molar-refractivity contribution in [2.24, 2.45) is 23.2 Å². The summed E-state index contributed by atoms with van der Waals surface area (Å²) in [5, 5.41) is 6.59. The first-order valence-corrected chi connectivity index (χ1v) is 8.22. The van der Waals surface area contributed by atoms with Gasteiger partial charge in [-0.15, -0.1) is 12.4 Å². The second-order valence-corrected chi connectivity index (χ2v) is 7.24. The number of rotatable bonds is 4. The molecule has 1 aliphatic carbocycles. The van der Waals surface area contributed by atoms with Crippen LogP contribution in [0.25, 0.3) is 0 Å². The van der Waals surface area contributed by atoms with Gasteiger partial charge in [-0.25, -0.2) is 0 Å². The Balaban J connectivity index is 0.00000161. The maximum Gasteiger partial charge on any atom is 0.223 e. The van der Waals surface area contributed by atoms with Crippen molar-refractivity contribution >= 4 is 18.3 Å². The number of halogens is 1. The average Bonchev–Trinajstić information content (AvgIpc) is 2.92. The number of carbonyl (C=O) groups is 1. The van der Waals surface area contributed by atoms with Gasteiger partial charge in [-0.1, -0.05) is 13.8 Å². The summed E-state index contributed by atoms with van der Waals surface area (Å²) in [6.45, 7) is 8.21. The molecule has 0 radical (unpaired) electrons. The van der Waals surface area contributed by atoms with Crippen LogP contribution < -0.4 is 10.6 Å². The average molecular weight is 317 g/mol. The minimum Gasteiger partial charge on any atom is -0.378 e. The Morgan fingerprint density at radius 3 is 2.76 bits per heavy atom. The summed E-state index contributed by atoms with van der Waals surface area (Å²) in [7, 11) is 0. The van der Waals surface area contributed by atoms with Gasteiger partial charge in [0, 0.05) is 25.0 Å². The summed E-state index contributed by atoms with van der Waals surface area (Å²) in [5.74, 6) is 1.61. The van der Waals surface area contributed by atoms with Crippen molar-refractivity contribution in [3.8, 4) is 0 Å². The first-order valence-electron chi connectivity index (χ1n) is 8.22. The molecule has 0 aromatic carbocycles. The molecule has 2 saturated heterocycles. The monoisotopic (exact) mass is 316 g/mol. The van der Waals surface area contributed by atoms with Crippen LogP contribution in [0.2, 0.25) is 0 Å². The van der Waals surface area contributed by atoms with Gasteiger partial charge in [-0.3, -0.25) is 4.79 Å².